The molecule has 3 nitrogen and oxygen atoms in total. The average molecular weight is 333 g/mol. The molecule has 0 aromatic heterocycles. The summed E-state index contributed by atoms with van der Waals surface area (Å²) in [6.45, 7) is 16.0. The van der Waals surface area contributed by atoms with Crippen LogP contribution in [-0.4, -0.2) is 37.3 Å². The molecule has 0 bridgehead atoms. The van der Waals surface area contributed by atoms with Gasteiger partial charge in [0.15, 0.2) is 5.79 Å². The molecular formula is C19H28O3Si. The van der Waals surface area contributed by atoms with Crippen LogP contribution in [0.5, 0.6) is 0 Å². The van der Waals surface area contributed by atoms with Crippen molar-refractivity contribution in [2.45, 2.75) is 56.6 Å². The second kappa shape index (κ2) is 6.73. The van der Waals surface area contributed by atoms with Crippen molar-refractivity contribution in [2.75, 3.05) is 0 Å². The molecule has 1 aromatic rings. The van der Waals surface area contributed by atoms with Gasteiger partial charge in [-0.1, -0.05) is 60.8 Å². The second-order valence-corrected chi connectivity index (χ2v) is 11.8. The second-order valence-electron chi connectivity index (χ2n) is 7.14. The van der Waals surface area contributed by atoms with Crippen molar-refractivity contribution < 1.29 is 14.6 Å². The molecule has 0 unspecified atom stereocenters. The Hall–Kier alpha value is -1.20. The summed E-state index contributed by atoms with van der Waals surface area (Å²) in [6.07, 6.45) is 2.15. The van der Waals surface area contributed by atoms with Gasteiger partial charge in [0.1, 0.15) is 12.2 Å². The fraction of sp³-hybridized carbons (Fsp3) is 0.474. The normalized spacial score (nSPS) is 26.5. The Morgan fingerprint density at radius 1 is 1.17 bits per heavy atom. The molecule has 0 aliphatic carbocycles. The highest BCUT2D eigenvalue weighted by atomic mass is 28.3. The van der Waals surface area contributed by atoms with E-state index in [0.29, 0.717) is 0 Å². The molecular weight excluding hydrogens is 304 g/mol. The smallest absolute Gasteiger partial charge is 0.164 e. The van der Waals surface area contributed by atoms with E-state index in [1.165, 1.54) is 5.19 Å². The Balaban J connectivity index is 2.30. The van der Waals surface area contributed by atoms with E-state index in [4.69, 9.17) is 9.47 Å². The van der Waals surface area contributed by atoms with E-state index < -0.39 is 26.1 Å². The predicted octanol–water partition coefficient (Wildman–Crippen LogP) is 3.23. The van der Waals surface area contributed by atoms with Crippen molar-refractivity contribution in [3.63, 3.8) is 0 Å². The fourth-order valence-corrected chi connectivity index (χ4v) is 6.46. The third-order valence-electron chi connectivity index (χ3n) is 4.71. The van der Waals surface area contributed by atoms with Crippen molar-refractivity contribution in [2.24, 2.45) is 0 Å². The number of aliphatic hydroxyl groups excluding tert-OH is 1. The van der Waals surface area contributed by atoms with Crippen LogP contribution in [0.25, 0.3) is 0 Å². The topological polar surface area (TPSA) is 38.7 Å². The molecule has 1 aliphatic heterocycles. The molecule has 1 aromatic carbocycles. The SMILES string of the molecule is C=C[C@@H]1OC(C)(C)O[C@@H]1[C@@H](O)[C@H](C=C)[Si](C)(C)c1ccccc1. The van der Waals surface area contributed by atoms with E-state index in [1.807, 2.05) is 38.1 Å². The lowest BCUT2D eigenvalue weighted by molar-refractivity contribution is -0.153. The molecule has 1 fully saturated rings. The number of rotatable bonds is 6. The third-order valence-corrected chi connectivity index (χ3v) is 8.77. The number of hydrogen-bond donors (Lipinski definition) is 1. The first-order valence-electron chi connectivity index (χ1n) is 8.07. The van der Waals surface area contributed by atoms with E-state index in [9.17, 15) is 5.11 Å². The highest BCUT2D eigenvalue weighted by Gasteiger charge is 2.48. The summed E-state index contributed by atoms with van der Waals surface area (Å²) in [5.74, 6) is -0.714. The fourth-order valence-electron chi connectivity index (χ4n) is 3.39. The zero-order valence-corrected chi connectivity index (χ0v) is 15.5. The molecule has 23 heavy (non-hydrogen) atoms. The van der Waals surface area contributed by atoms with Crippen LogP contribution in [0.2, 0.25) is 18.6 Å². The molecule has 4 atom stereocenters. The van der Waals surface area contributed by atoms with Gasteiger partial charge in [-0.3, -0.25) is 0 Å². The largest absolute Gasteiger partial charge is 0.390 e. The van der Waals surface area contributed by atoms with Gasteiger partial charge < -0.3 is 14.6 Å². The summed E-state index contributed by atoms with van der Waals surface area (Å²) in [4.78, 5) is 0. The summed E-state index contributed by atoms with van der Waals surface area (Å²) in [5, 5.41) is 12.3. The van der Waals surface area contributed by atoms with E-state index in [-0.39, 0.29) is 11.6 Å². The van der Waals surface area contributed by atoms with Gasteiger partial charge in [0.25, 0.3) is 0 Å². The number of hydrogen-bond acceptors (Lipinski definition) is 3. The third kappa shape index (κ3) is 3.66. The Morgan fingerprint density at radius 2 is 1.78 bits per heavy atom. The lowest BCUT2D eigenvalue weighted by Gasteiger charge is -2.37. The molecule has 1 aliphatic rings. The molecule has 2 rings (SSSR count). The average Bonchev–Trinajstić information content (AvgIpc) is 2.83. The highest BCUT2D eigenvalue weighted by Crippen LogP contribution is 2.37. The first-order valence-corrected chi connectivity index (χ1v) is 11.1. The van der Waals surface area contributed by atoms with Crippen LogP contribution in [-0.2, 0) is 9.47 Å². The van der Waals surface area contributed by atoms with E-state index in [1.54, 1.807) is 6.08 Å². The summed E-state index contributed by atoms with van der Waals surface area (Å²) in [5.41, 5.74) is -0.0464. The Morgan fingerprint density at radius 3 is 2.30 bits per heavy atom. The van der Waals surface area contributed by atoms with Gasteiger partial charge >= 0.3 is 0 Å². The Kier molecular flexibility index (Phi) is 5.31. The first-order chi connectivity index (χ1) is 10.7. The minimum Gasteiger partial charge on any atom is -0.390 e. The lowest BCUT2D eigenvalue weighted by Crippen LogP contribution is -2.53. The zero-order valence-electron chi connectivity index (χ0n) is 14.5. The summed E-state index contributed by atoms with van der Waals surface area (Å²) in [6, 6.07) is 10.4. The molecule has 1 heterocycles. The van der Waals surface area contributed by atoms with Gasteiger partial charge in [-0.15, -0.1) is 13.2 Å². The highest BCUT2D eigenvalue weighted by molar-refractivity contribution is 6.91. The molecule has 1 N–H and O–H groups in total. The zero-order chi connectivity index (χ0) is 17.3. The number of benzene rings is 1. The molecule has 126 valence electrons. The van der Waals surface area contributed by atoms with Gasteiger partial charge in [0, 0.05) is 5.54 Å². The van der Waals surface area contributed by atoms with Crippen LogP contribution in [0.3, 0.4) is 0 Å². The molecule has 4 heteroatoms. The minimum absolute atomic E-state index is 0.0464. The Bertz CT molecular complexity index is 553. The lowest BCUT2D eigenvalue weighted by atomic mass is 10.0. The van der Waals surface area contributed by atoms with Crippen molar-refractivity contribution in [3.8, 4) is 0 Å². The molecule has 1 saturated heterocycles. The van der Waals surface area contributed by atoms with E-state index >= 15 is 0 Å². The van der Waals surface area contributed by atoms with Crippen LogP contribution in [0.15, 0.2) is 55.6 Å². The van der Waals surface area contributed by atoms with E-state index in [0.717, 1.165) is 0 Å². The first kappa shape index (κ1) is 18.1. The van der Waals surface area contributed by atoms with Crippen LogP contribution in [0.4, 0.5) is 0 Å². The van der Waals surface area contributed by atoms with Gasteiger partial charge in [0.2, 0.25) is 0 Å². The quantitative estimate of drug-likeness (QED) is 0.642. The van der Waals surface area contributed by atoms with Crippen LogP contribution < -0.4 is 5.19 Å². The summed E-state index contributed by atoms with van der Waals surface area (Å²) in [7, 11) is -1.97. The van der Waals surface area contributed by atoms with Gasteiger partial charge in [-0.25, -0.2) is 0 Å². The molecule has 0 amide bonds. The van der Waals surface area contributed by atoms with Crippen LogP contribution in [0, 0.1) is 0 Å². The van der Waals surface area contributed by atoms with Gasteiger partial charge in [0.05, 0.1) is 14.2 Å². The summed E-state index contributed by atoms with van der Waals surface area (Å²) < 4.78 is 11.8. The number of ether oxygens (including phenoxy) is 2. The van der Waals surface area contributed by atoms with Crippen molar-refractivity contribution in [3.05, 3.63) is 55.6 Å². The maximum absolute atomic E-state index is 11.1. The van der Waals surface area contributed by atoms with Crippen molar-refractivity contribution in [1.29, 1.82) is 0 Å². The maximum atomic E-state index is 11.1. The maximum Gasteiger partial charge on any atom is 0.164 e. The predicted molar refractivity (Wildman–Crippen MR) is 97.5 cm³/mol. The Labute approximate surface area is 140 Å². The van der Waals surface area contributed by atoms with Crippen LogP contribution >= 0.6 is 0 Å². The molecule has 0 radical (unpaired) electrons. The van der Waals surface area contributed by atoms with Gasteiger partial charge in [-0.05, 0) is 13.8 Å². The molecule has 0 saturated carbocycles. The summed E-state index contributed by atoms with van der Waals surface area (Å²) >= 11 is 0. The standard InChI is InChI=1S/C19H28O3Si/c1-7-15-18(22-19(3,4)21-15)17(20)16(8-2)23(5,6)14-12-10-9-11-13-14/h7-13,15-18,20H,1-2H2,3-6H3/t15-,16-,17-,18-/m0/s1. The molecule has 0 spiro atoms. The van der Waals surface area contributed by atoms with Crippen LogP contribution in [0.1, 0.15) is 13.8 Å². The van der Waals surface area contributed by atoms with Gasteiger partial charge in [-0.2, -0.15) is 0 Å². The minimum atomic E-state index is -1.97. The van der Waals surface area contributed by atoms with E-state index in [2.05, 4.69) is 38.4 Å². The monoisotopic (exact) mass is 332 g/mol. The van der Waals surface area contributed by atoms with Crippen molar-refractivity contribution in [1.82, 2.24) is 0 Å². The number of aliphatic hydroxyl groups is 1. The van der Waals surface area contributed by atoms with Crippen molar-refractivity contribution >= 4 is 13.3 Å².